The maximum Gasteiger partial charge on any atom is 0.337 e. The molecular weight excluding hydrogens is 342 g/mol. The van der Waals surface area contributed by atoms with Gasteiger partial charge in [0, 0.05) is 18.8 Å². The van der Waals surface area contributed by atoms with Gasteiger partial charge in [0.05, 0.1) is 22.3 Å². The summed E-state index contributed by atoms with van der Waals surface area (Å²) in [7, 11) is 0. The molecule has 2 aromatic heterocycles. The molecule has 0 saturated carbocycles. The number of carboxylic acid groups (broad SMARTS) is 1. The monoisotopic (exact) mass is 367 g/mol. The molecule has 1 aromatic carbocycles. The van der Waals surface area contributed by atoms with Crippen LogP contribution in [0.2, 0.25) is 0 Å². The SMILES string of the molecule is CCc1ccc(C)nc1Nc1nc2cc(N(CC)CC)c(C(=O)O)cc2[nH]1. The topological polar surface area (TPSA) is 94.1 Å². The molecule has 142 valence electrons. The van der Waals surface area contributed by atoms with E-state index in [0.29, 0.717) is 17.2 Å². The Morgan fingerprint density at radius 1 is 1.19 bits per heavy atom. The van der Waals surface area contributed by atoms with E-state index in [9.17, 15) is 9.90 Å². The second-order valence-corrected chi connectivity index (χ2v) is 6.39. The lowest BCUT2D eigenvalue weighted by atomic mass is 10.1. The zero-order valence-electron chi connectivity index (χ0n) is 16.1. The lowest BCUT2D eigenvalue weighted by Gasteiger charge is -2.22. The molecule has 3 rings (SSSR count). The number of carbonyl (C=O) groups is 1. The van der Waals surface area contributed by atoms with Crippen molar-refractivity contribution in [3.63, 3.8) is 0 Å². The van der Waals surface area contributed by atoms with E-state index in [0.717, 1.165) is 42.1 Å². The van der Waals surface area contributed by atoms with Crippen molar-refractivity contribution in [3.8, 4) is 0 Å². The van der Waals surface area contributed by atoms with Crippen LogP contribution in [-0.2, 0) is 6.42 Å². The van der Waals surface area contributed by atoms with Crippen molar-refractivity contribution >= 4 is 34.5 Å². The predicted molar refractivity (Wildman–Crippen MR) is 108 cm³/mol. The van der Waals surface area contributed by atoms with Gasteiger partial charge < -0.3 is 20.3 Å². The third kappa shape index (κ3) is 3.72. The summed E-state index contributed by atoms with van der Waals surface area (Å²) in [4.78, 5) is 26.1. The Labute approximate surface area is 158 Å². The van der Waals surface area contributed by atoms with Crippen molar-refractivity contribution in [2.75, 3.05) is 23.3 Å². The second kappa shape index (κ2) is 7.65. The van der Waals surface area contributed by atoms with Crippen LogP contribution in [0.5, 0.6) is 0 Å². The maximum absolute atomic E-state index is 11.7. The molecule has 7 heteroatoms. The molecule has 27 heavy (non-hydrogen) atoms. The first kappa shape index (κ1) is 18.7. The Bertz CT molecular complexity index is 976. The smallest absolute Gasteiger partial charge is 0.337 e. The van der Waals surface area contributed by atoms with Crippen LogP contribution in [0, 0.1) is 6.92 Å². The van der Waals surface area contributed by atoms with E-state index in [2.05, 4.69) is 27.2 Å². The zero-order chi connectivity index (χ0) is 19.6. The van der Waals surface area contributed by atoms with Crippen molar-refractivity contribution in [2.45, 2.75) is 34.1 Å². The van der Waals surface area contributed by atoms with Crippen molar-refractivity contribution in [1.29, 1.82) is 0 Å². The highest BCUT2D eigenvalue weighted by atomic mass is 16.4. The number of hydrogen-bond donors (Lipinski definition) is 3. The average Bonchev–Trinajstić information content (AvgIpc) is 3.03. The maximum atomic E-state index is 11.7. The number of aromatic amines is 1. The number of anilines is 3. The number of nitrogens with zero attached hydrogens (tertiary/aromatic N) is 3. The van der Waals surface area contributed by atoms with Crippen molar-refractivity contribution in [1.82, 2.24) is 15.0 Å². The van der Waals surface area contributed by atoms with Crippen LogP contribution in [0.25, 0.3) is 11.0 Å². The predicted octanol–water partition coefficient (Wildman–Crippen LogP) is 4.12. The zero-order valence-corrected chi connectivity index (χ0v) is 16.1. The highest BCUT2D eigenvalue weighted by Crippen LogP contribution is 2.28. The summed E-state index contributed by atoms with van der Waals surface area (Å²) < 4.78 is 0. The van der Waals surface area contributed by atoms with Gasteiger partial charge in [-0.15, -0.1) is 0 Å². The summed E-state index contributed by atoms with van der Waals surface area (Å²) in [5, 5.41) is 12.9. The lowest BCUT2D eigenvalue weighted by Crippen LogP contribution is -2.24. The quantitative estimate of drug-likeness (QED) is 0.582. The van der Waals surface area contributed by atoms with Crippen LogP contribution >= 0.6 is 0 Å². The van der Waals surface area contributed by atoms with Gasteiger partial charge in [0.25, 0.3) is 0 Å². The molecule has 3 aromatic rings. The second-order valence-electron chi connectivity index (χ2n) is 6.39. The van der Waals surface area contributed by atoms with Gasteiger partial charge in [0.1, 0.15) is 5.82 Å². The first-order chi connectivity index (χ1) is 13.0. The molecule has 0 radical (unpaired) electrons. The van der Waals surface area contributed by atoms with Gasteiger partial charge in [0.15, 0.2) is 0 Å². The van der Waals surface area contributed by atoms with Gasteiger partial charge in [-0.1, -0.05) is 13.0 Å². The molecule has 3 N–H and O–H groups in total. The molecule has 0 aliphatic carbocycles. The Morgan fingerprint density at radius 3 is 2.56 bits per heavy atom. The summed E-state index contributed by atoms with van der Waals surface area (Å²) in [6.45, 7) is 9.49. The molecule has 0 unspecified atom stereocenters. The number of carboxylic acids is 1. The fraction of sp³-hybridized carbons (Fsp3) is 0.350. The standard InChI is InChI=1S/C20H25N5O2/c1-5-13-9-8-12(4)21-18(13)24-20-22-15-10-14(19(26)27)17(11-16(15)23-20)25(6-2)7-3/h8-11H,5-7H2,1-4H3,(H,26,27)(H2,21,22,23,24). The van der Waals surface area contributed by atoms with Crippen LogP contribution in [0.1, 0.15) is 42.4 Å². The van der Waals surface area contributed by atoms with E-state index in [1.165, 1.54) is 0 Å². The molecule has 2 heterocycles. The van der Waals surface area contributed by atoms with Crippen LogP contribution in [0.15, 0.2) is 24.3 Å². The number of aromatic nitrogens is 3. The Kier molecular flexibility index (Phi) is 5.30. The summed E-state index contributed by atoms with van der Waals surface area (Å²) in [6, 6.07) is 7.51. The molecule has 0 saturated heterocycles. The van der Waals surface area contributed by atoms with Crippen LogP contribution in [-0.4, -0.2) is 39.1 Å². The van der Waals surface area contributed by atoms with Gasteiger partial charge in [-0.25, -0.2) is 14.8 Å². The number of imidazole rings is 1. The molecule has 0 atom stereocenters. The number of fused-ring (bicyclic) bond motifs is 1. The Morgan fingerprint density at radius 2 is 1.93 bits per heavy atom. The fourth-order valence-electron chi connectivity index (χ4n) is 3.19. The van der Waals surface area contributed by atoms with E-state index < -0.39 is 5.97 Å². The van der Waals surface area contributed by atoms with Gasteiger partial charge in [-0.05, 0) is 51.0 Å². The molecule has 7 nitrogen and oxygen atoms in total. The molecular formula is C20H25N5O2. The molecule has 0 aliphatic rings. The van der Waals surface area contributed by atoms with Crippen molar-refractivity contribution in [3.05, 3.63) is 41.1 Å². The number of pyridine rings is 1. The summed E-state index contributed by atoms with van der Waals surface area (Å²) in [5.74, 6) is 0.362. The van der Waals surface area contributed by atoms with Crippen LogP contribution in [0.4, 0.5) is 17.5 Å². The van der Waals surface area contributed by atoms with Crippen LogP contribution in [0.3, 0.4) is 0 Å². The van der Waals surface area contributed by atoms with Gasteiger partial charge in [-0.2, -0.15) is 0 Å². The number of hydrogen-bond acceptors (Lipinski definition) is 5. The Balaban J connectivity index is 2.05. The molecule has 0 spiro atoms. The van der Waals surface area contributed by atoms with Crippen LogP contribution < -0.4 is 10.2 Å². The molecule has 0 fully saturated rings. The third-order valence-corrected chi connectivity index (χ3v) is 4.67. The number of rotatable bonds is 7. The lowest BCUT2D eigenvalue weighted by molar-refractivity contribution is 0.0697. The van der Waals surface area contributed by atoms with E-state index in [4.69, 9.17) is 0 Å². The molecule has 0 amide bonds. The highest BCUT2D eigenvalue weighted by Gasteiger charge is 2.18. The van der Waals surface area contributed by atoms with E-state index >= 15 is 0 Å². The number of H-pyrrole nitrogens is 1. The van der Waals surface area contributed by atoms with E-state index in [1.54, 1.807) is 6.07 Å². The summed E-state index contributed by atoms with van der Waals surface area (Å²) in [5.41, 5.74) is 4.36. The summed E-state index contributed by atoms with van der Waals surface area (Å²) in [6.07, 6.45) is 0.852. The molecule has 0 bridgehead atoms. The summed E-state index contributed by atoms with van der Waals surface area (Å²) >= 11 is 0. The minimum Gasteiger partial charge on any atom is -0.478 e. The number of aromatic carboxylic acids is 1. The number of nitrogens with one attached hydrogen (secondary N) is 2. The first-order valence-electron chi connectivity index (χ1n) is 9.22. The number of benzene rings is 1. The Hall–Kier alpha value is -3.09. The fourth-order valence-corrected chi connectivity index (χ4v) is 3.19. The van der Waals surface area contributed by atoms with Gasteiger partial charge in [-0.3, -0.25) is 0 Å². The highest BCUT2D eigenvalue weighted by molar-refractivity contribution is 6.00. The molecule has 0 aliphatic heterocycles. The van der Waals surface area contributed by atoms with E-state index in [1.807, 2.05) is 43.9 Å². The van der Waals surface area contributed by atoms with Crippen molar-refractivity contribution in [2.24, 2.45) is 0 Å². The minimum atomic E-state index is -0.948. The van der Waals surface area contributed by atoms with E-state index in [-0.39, 0.29) is 5.56 Å². The van der Waals surface area contributed by atoms with Gasteiger partial charge >= 0.3 is 5.97 Å². The average molecular weight is 367 g/mol. The number of aryl methyl sites for hydroxylation is 2. The third-order valence-electron chi connectivity index (χ3n) is 4.67. The first-order valence-corrected chi connectivity index (χ1v) is 9.22. The largest absolute Gasteiger partial charge is 0.478 e. The minimum absolute atomic E-state index is 0.268. The van der Waals surface area contributed by atoms with Gasteiger partial charge in [0.2, 0.25) is 5.95 Å². The normalized spacial score (nSPS) is 11.0. The van der Waals surface area contributed by atoms with Crippen molar-refractivity contribution < 1.29 is 9.90 Å².